The van der Waals surface area contributed by atoms with Crippen LogP contribution in [0.15, 0.2) is 41.3 Å². The fourth-order valence-corrected chi connectivity index (χ4v) is 6.14. The average molecular weight is 438 g/mol. The van der Waals surface area contributed by atoms with Crippen LogP contribution in [0.25, 0.3) is 0 Å². The summed E-state index contributed by atoms with van der Waals surface area (Å²) in [6.45, 7) is 5.13. The molecule has 1 saturated heterocycles. The highest BCUT2D eigenvalue weighted by Crippen LogP contribution is 2.30. The third-order valence-electron chi connectivity index (χ3n) is 4.64. The summed E-state index contributed by atoms with van der Waals surface area (Å²) in [5, 5.41) is 2.61. The van der Waals surface area contributed by atoms with Gasteiger partial charge in [-0.25, -0.2) is 16.8 Å². The number of rotatable bonds is 5. The van der Waals surface area contributed by atoms with Crippen molar-refractivity contribution in [1.82, 2.24) is 0 Å². The van der Waals surface area contributed by atoms with Gasteiger partial charge in [-0.2, -0.15) is 0 Å². The Hall–Kier alpha value is -2.59. The van der Waals surface area contributed by atoms with Crippen LogP contribution in [0.5, 0.6) is 0 Å². The van der Waals surface area contributed by atoms with E-state index in [0.717, 1.165) is 0 Å². The summed E-state index contributed by atoms with van der Waals surface area (Å²) in [5.74, 6) is -0.163. The molecule has 0 aromatic heterocycles. The Labute approximate surface area is 171 Å². The van der Waals surface area contributed by atoms with Gasteiger partial charge in [0, 0.05) is 19.2 Å². The Balaban J connectivity index is 1.93. The predicted octanol–water partition coefficient (Wildman–Crippen LogP) is 2.60. The molecule has 1 aliphatic rings. The molecule has 0 atom stereocenters. The van der Waals surface area contributed by atoms with Crippen molar-refractivity contribution in [2.45, 2.75) is 32.1 Å². The number of nitrogens with one attached hydrogen (secondary N) is 2. The van der Waals surface area contributed by atoms with Gasteiger partial charge in [0.1, 0.15) is 0 Å². The normalized spacial score (nSPS) is 15.9. The molecule has 0 aliphatic carbocycles. The van der Waals surface area contributed by atoms with E-state index in [1.807, 2.05) is 0 Å². The minimum absolute atomic E-state index is 0.0743. The van der Waals surface area contributed by atoms with Crippen molar-refractivity contribution in [3.8, 4) is 0 Å². The zero-order chi connectivity index (χ0) is 21.4. The molecule has 2 aromatic rings. The van der Waals surface area contributed by atoms with Crippen LogP contribution in [-0.4, -0.2) is 35.0 Å². The quantitative estimate of drug-likeness (QED) is 0.747. The van der Waals surface area contributed by atoms with Gasteiger partial charge >= 0.3 is 0 Å². The van der Waals surface area contributed by atoms with Gasteiger partial charge in [-0.1, -0.05) is 6.07 Å². The summed E-state index contributed by atoms with van der Waals surface area (Å²) < 4.78 is 54.1. The van der Waals surface area contributed by atoms with E-state index in [0.29, 0.717) is 41.2 Å². The summed E-state index contributed by atoms with van der Waals surface area (Å²) in [6.07, 6.45) is 0.539. The molecule has 156 valence electrons. The van der Waals surface area contributed by atoms with Gasteiger partial charge in [-0.3, -0.25) is 13.8 Å². The molecule has 0 bridgehead atoms. The molecule has 1 aliphatic heterocycles. The minimum Gasteiger partial charge on any atom is -0.326 e. The third-order valence-corrected chi connectivity index (χ3v) is 8.03. The number of hydrogen-bond donors (Lipinski definition) is 2. The molecular weight excluding hydrogens is 414 g/mol. The van der Waals surface area contributed by atoms with E-state index in [-0.39, 0.29) is 16.6 Å². The highest BCUT2D eigenvalue weighted by atomic mass is 32.2. The first-order valence-corrected chi connectivity index (χ1v) is 12.1. The van der Waals surface area contributed by atoms with Crippen molar-refractivity contribution in [3.05, 3.63) is 47.5 Å². The molecule has 8 nitrogen and oxygen atoms in total. The van der Waals surface area contributed by atoms with Crippen LogP contribution < -0.4 is 14.3 Å². The molecule has 0 unspecified atom stereocenters. The zero-order valence-corrected chi connectivity index (χ0v) is 18.0. The smallest absolute Gasteiger partial charge is 0.262 e. The predicted molar refractivity (Wildman–Crippen MR) is 113 cm³/mol. The number of sulfonamides is 2. The third kappa shape index (κ3) is 4.54. The van der Waals surface area contributed by atoms with Gasteiger partial charge in [0.15, 0.2) is 0 Å². The molecule has 1 heterocycles. The lowest BCUT2D eigenvalue weighted by Gasteiger charge is -2.19. The van der Waals surface area contributed by atoms with Crippen molar-refractivity contribution in [3.63, 3.8) is 0 Å². The molecule has 2 N–H and O–H groups in total. The van der Waals surface area contributed by atoms with Crippen LogP contribution in [0, 0.1) is 13.8 Å². The number of anilines is 3. The number of aryl methyl sites for hydroxylation is 2. The molecule has 10 heteroatoms. The Kier molecular flexibility index (Phi) is 5.59. The van der Waals surface area contributed by atoms with Gasteiger partial charge in [0.25, 0.3) is 10.0 Å². The van der Waals surface area contributed by atoms with Crippen molar-refractivity contribution in [2.24, 2.45) is 0 Å². The van der Waals surface area contributed by atoms with Crippen molar-refractivity contribution in [1.29, 1.82) is 0 Å². The summed E-state index contributed by atoms with van der Waals surface area (Å²) >= 11 is 0. The van der Waals surface area contributed by atoms with Crippen LogP contribution >= 0.6 is 0 Å². The molecule has 29 heavy (non-hydrogen) atoms. The first-order chi connectivity index (χ1) is 13.5. The fourth-order valence-electron chi connectivity index (χ4n) is 3.24. The van der Waals surface area contributed by atoms with E-state index in [1.54, 1.807) is 32.0 Å². The summed E-state index contributed by atoms with van der Waals surface area (Å²) in [4.78, 5) is 11.3. The molecule has 1 fully saturated rings. The summed E-state index contributed by atoms with van der Waals surface area (Å²) in [6, 6.07) is 9.42. The van der Waals surface area contributed by atoms with Gasteiger partial charge in [0.2, 0.25) is 15.9 Å². The van der Waals surface area contributed by atoms with Gasteiger partial charge in [-0.15, -0.1) is 0 Å². The second kappa shape index (κ2) is 7.68. The summed E-state index contributed by atoms with van der Waals surface area (Å²) in [5.41, 5.74) is 2.39. The van der Waals surface area contributed by atoms with Crippen molar-refractivity contribution < 1.29 is 21.6 Å². The van der Waals surface area contributed by atoms with Crippen molar-refractivity contribution >= 4 is 43.0 Å². The largest absolute Gasteiger partial charge is 0.326 e. The van der Waals surface area contributed by atoms with E-state index in [9.17, 15) is 21.6 Å². The zero-order valence-electron chi connectivity index (χ0n) is 16.4. The molecule has 1 amide bonds. The maximum atomic E-state index is 12.9. The van der Waals surface area contributed by atoms with Crippen LogP contribution in [0.1, 0.15) is 24.5 Å². The maximum Gasteiger partial charge on any atom is 0.262 e. The van der Waals surface area contributed by atoms with E-state index < -0.39 is 20.0 Å². The van der Waals surface area contributed by atoms with Gasteiger partial charge < -0.3 is 5.32 Å². The van der Waals surface area contributed by atoms with Gasteiger partial charge in [-0.05, 0) is 61.7 Å². The summed E-state index contributed by atoms with van der Waals surface area (Å²) in [7, 11) is -7.28. The van der Waals surface area contributed by atoms with E-state index in [1.165, 1.54) is 29.4 Å². The molecular formula is C19H23N3O5S2. The molecule has 0 saturated carbocycles. The number of carbonyl (C=O) groups excluding carboxylic acids is 1. The lowest BCUT2D eigenvalue weighted by Crippen LogP contribution is -2.25. The van der Waals surface area contributed by atoms with E-state index >= 15 is 0 Å². The highest BCUT2D eigenvalue weighted by molar-refractivity contribution is 7.93. The standard InChI is InChI=1S/C19H23N3O5S2/c1-13-5-7-17(22-9-4-10-28(22,24)25)12-18(13)21-29(26,27)19-8-6-16(11-14(19)2)20-15(3)23/h5-8,11-12,21H,4,9-10H2,1-3H3,(H,20,23). The van der Waals surface area contributed by atoms with E-state index in [4.69, 9.17) is 0 Å². The topological polar surface area (TPSA) is 113 Å². The van der Waals surface area contributed by atoms with Crippen LogP contribution in [0.3, 0.4) is 0 Å². The first-order valence-electron chi connectivity index (χ1n) is 9.02. The number of carbonyl (C=O) groups is 1. The lowest BCUT2D eigenvalue weighted by molar-refractivity contribution is -0.114. The Morgan fingerprint density at radius 2 is 1.79 bits per heavy atom. The van der Waals surface area contributed by atoms with Gasteiger partial charge in [0.05, 0.1) is 22.0 Å². The fraction of sp³-hybridized carbons (Fsp3) is 0.316. The monoisotopic (exact) mass is 437 g/mol. The number of benzene rings is 2. The molecule has 0 spiro atoms. The number of amides is 1. The lowest BCUT2D eigenvalue weighted by atomic mass is 10.2. The van der Waals surface area contributed by atoms with Crippen LogP contribution in [-0.2, 0) is 24.8 Å². The highest BCUT2D eigenvalue weighted by Gasteiger charge is 2.29. The Morgan fingerprint density at radius 3 is 2.38 bits per heavy atom. The second-order valence-electron chi connectivity index (χ2n) is 7.01. The number of hydrogen-bond acceptors (Lipinski definition) is 5. The van der Waals surface area contributed by atoms with E-state index in [2.05, 4.69) is 10.0 Å². The second-order valence-corrected chi connectivity index (χ2v) is 10.7. The molecule has 3 rings (SSSR count). The number of nitrogens with zero attached hydrogens (tertiary/aromatic N) is 1. The van der Waals surface area contributed by atoms with Crippen molar-refractivity contribution in [2.75, 3.05) is 26.6 Å². The average Bonchev–Trinajstić information content (AvgIpc) is 2.95. The van der Waals surface area contributed by atoms with Crippen LogP contribution in [0.4, 0.5) is 17.1 Å². The molecule has 2 aromatic carbocycles. The Bertz CT molecular complexity index is 1170. The SMILES string of the molecule is CC(=O)Nc1ccc(S(=O)(=O)Nc2cc(N3CCCS3(=O)=O)ccc2C)c(C)c1. The maximum absolute atomic E-state index is 12.9. The minimum atomic E-state index is -3.91. The Morgan fingerprint density at radius 1 is 1.07 bits per heavy atom. The van der Waals surface area contributed by atoms with Crippen LogP contribution in [0.2, 0.25) is 0 Å². The first kappa shape index (κ1) is 21.1. The molecule has 0 radical (unpaired) electrons.